The van der Waals surface area contributed by atoms with Crippen LogP contribution in [0.4, 0.5) is 0 Å². The van der Waals surface area contributed by atoms with Gasteiger partial charge in [-0.15, -0.1) is 0 Å². The molecule has 0 unspecified atom stereocenters. The lowest BCUT2D eigenvalue weighted by Crippen LogP contribution is -2.78. The molecule has 2 heteroatoms. The Labute approximate surface area is 68.6 Å². The van der Waals surface area contributed by atoms with E-state index in [1.807, 2.05) is 26.0 Å². The van der Waals surface area contributed by atoms with Crippen LogP contribution in [0.15, 0.2) is 23.4 Å². The number of hydrogen-bond acceptors (Lipinski definition) is 1. The van der Waals surface area contributed by atoms with Gasteiger partial charge in [-0.1, -0.05) is 25.5 Å². The van der Waals surface area contributed by atoms with Crippen molar-refractivity contribution in [3.63, 3.8) is 0 Å². The maximum atomic E-state index is 8.55. The summed E-state index contributed by atoms with van der Waals surface area (Å²) in [7, 11) is 0. The van der Waals surface area contributed by atoms with E-state index in [-0.39, 0.29) is 0 Å². The first-order chi connectivity index (χ1) is 5.33. The summed E-state index contributed by atoms with van der Waals surface area (Å²) in [5, 5.41) is 8.55. The van der Waals surface area contributed by atoms with Crippen LogP contribution in [0.25, 0.3) is 0 Å². The molecule has 0 aromatic heterocycles. The third-order valence-corrected chi connectivity index (χ3v) is 1.56. The average Bonchev–Trinajstić information content (AvgIpc) is 2.10. The highest BCUT2D eigenvalue weighted by atomic mass is 16.5. The molecule has 0 aromatic carbocycles. The summed E-state index contributed by atoms with van der Waals surface area (Å²) >= 11 is 0. The van der Waals surface area contributed by atoms with Gasteiger partial charge in [-0.3, -0.25) is 0 Å². The summed E-state index contributed by atoms with van der Waals surface area (Å²) in [4.78, 5) is 0. The standard InChI is InChI=1S/C7H11NO.C2H6/c1-6-2-4-7(8-9)5-3-6;1-2/h2,4,8-9H,3,5H2,1H3;1-2H3/p+1. The van der Waals surface area contributed by atoms with E-state index in [4.69, 9.17) is 5.21 Å². The first kappa shape index (κ1) is 10.4. The van der Waals surface area contributed by atoms with E-state index < -0.39 is 0 Å². The van der Waals surface area contributed by atoms with Crippen molar-refractivity contribution in [2.45, 2.75) is 33.6 Å². The van der Waals surface area contributed by atoms with Gasteiger partial charge in [0.05, 0.1) is 0 Å². The highest BCUT2D eigenvalue weighted by Crippen LogP contribution is 2.12. The zero-order valence-electron chi connectivity index (χ0n) is 7.59. The number of allylic oxidation sites excluding steroid dienone is 4. The Morgan fingerprint density at radius 1 is 1.27 bits per heavy atom. The Morgan fingerprint density at radius 3 is 2.27 bits per heavy atom. The van der Waals surface area contributed by atoms with E-state index in [0.717, 1.165) is 18.5 Å². The van der Waals surface area contributed by atoms with Gasteiger partial charge >= 0.3 is 0 Å². The van der Waals surface area contributed by atoms with E-state index in [0.29, 0.717) is 0 Å². The topological polar surface area (TPSA) is 36.8 Å². The molecule has 0 saturated heterocycles. The fourth-order valence-electron chi connectivity index (χ4n) is 0.865. The van der Waals surface area contributed by atoms with Crippen molar-refractivity contribution in [2.24, 2.45) is 0 Å². The second kappa shape index (κ2) is 6.13. The number of rotatable bonds is 1. The molecule has 1 aliphatic rings. The van der Waals surface area contributed by atoms with E-state index in [1.54, 1.807) is 0 Å². The molecular formula is C9H18NO+. The SMILES string of the molecule is CC.CC1=CC=C([NH2+]O)CC1. The average molecular weight is 156 g/mol. The van der Waals surface area contributed by atoms with Gasteiger partial charge in [-0.05, 0) is 19.4 Å². The second-order valence-corrected chi connectivity index (χ2v) is 2.38. The van der Waals surface area contributed by atoms with Crippen LogP contribution in [0.3, 0.4) is 0 Å². The predicted octanol–water partition coefficient (Wildman–Crippen LogP) is 1.59. The van der Waals surface area contributed by atoms with Crippen LogP contribution < -0.4 is 5.48 Å². The molecule has 0 fully saturated rings. The van der Waals surface area contributed by atoms with E-state index >= 15 is 0 Å². The predicted molar refractivity (Wildman–Crippen MR) is 46.1 cm³/mol. The van der Waals surface area contributed by atoms with Crippen LogP contribution in [0.2, 0.25) is 0 Å². The van der Waals surface area contributed by atoms with Crippen LogP contribution in [-0.4, -0.2) is 5.21 Å². The smallest absolute Gasteiger partial charge is 0.138 e. The van der Waals surface area contributed by atoms with Crippen LogP contribution in [0.5, 0.6) is 0 Å². The Morgan fingerprint density at radius 2 is 1.91 bits per heavy atom. The first-order valence-corrected chi connectivity index (χ1v) is 4.16. The van der Waals surface area contributed by atoms with Gasteiger partial charge < -0.3 is 0 Å². The molecule has 0 spiro atoms. The molecule has 2 nitrogen and oxygen atoms in total. The molecule has 64 valence electrons. The number of hydrogen-bond donors (Lipinski definition) is 2. The molecule has 0 aliphatic heterocycles. The molecule has 1 aliphatic carbocycles. The van der Waals surface area contributed by atoms with Crippen molar-refractivity contribution in [3.05, 3.63) is 23.4 Å². The van der Waals surface area contributed by atoms with Crippen molar-refractivity contribution in [2.75, 3.05) is 0 Å². The summed E-state index contributed by atoms with van der Waals surface area (Å²) in [5.41, 5.74) is 3.60. The third-order valence-electron chi connectivity index (χ3n) is 1.56. The minimum atomic E-state index is 0.985. The lowest BCUT2D eigenvalue weighted by atomic mass is 10.1. The number of nitrogens with two attached hydrogens (primary N) is 1. The fourth-order valence-corrected chi connectivity index (χ4v) is 0.865. The summed E-state index contributed by atoms with van der Waals surface area (Å²) in [6.45, 7) is 6.10. The maximum absolute atomic E-state index is 8.55. The molecule has 0 bridgehead atoms. The first-order valence-electron chi connectivity index (χ1n) is 4.16. The van der Waals surface area contributed by atoms with Gasteiger partial charge in [0.25, 0.3) is 0 Å². The van der Waals surface area contributed by atoms with Gasteiger partial charge in [0.15, 0.2) is 0 Å². The number of quaternary nitrogens is 1. The molecule has 0 aromatic rings. The van der Waals surface area contributed by atoms with Crippen molar-refractivity contribution in [1.82, 2.24) is 0 Å². The van der Waals surface area contributed by atoms with Crippen LogP contribution in [0, 0.1) is 0 Å². The minimum absolute atomic E-state index is 0.985. The largest absolute Gasteiger partial charge is 0.215 e. The quantitative estimate of drug-likeness (QED) is 0.556. The molecule has 0 atom stereocenters. The van der Waals surface area contributed by atoms with Gasteiger partial charge in [0.2, 0.25) is 0 Å². The summed E-state index contributed by atoms with van der Waals surface area (Å²) in [6, 6.07) is 0. The van der Waals surface area contributed by atoms with Crippen LogP contribution in [0.1, 0.15) is 33.6 Å². The van der Waals surface area contributed by atoms with Gasteiger partial charge in [-0.2, -0.15) is 5.48 Å². The second-order valence-electron chi connectivity index (χ2n) is 2.38. The molecule has 0 radical (unpaired) electrons. The Kier molecular flexibility index (Phi) is 5.80. The molecule has 0 amide bonds. The molecular weight excluding hydrogens is 138 g/mol. The van der Waals surface area contributed by atoms with Crippen molar-refractivity contribution in [3.8, 4) is 0 Å². The molecule has 0 saturated carbocycles. The lowest BCUT2D eigenvalue weighted by Gasteiger charge is -2.04. The highest BCUT2D eigenvalue weighted by Gasteiger charge is 2.03. The molecule has 3 N–H and O–H groups in total. The Bertz CT molecular complexity index is 159. The lowest BCUT2D eigenvalue weighted by molar-refractivity contribution is -0.852. The van der Waals surface area contributed by atoms with E-state index in [1.165, 1.54) is 11.1 Å². The summed E-state index contributed by atoms with van der Waals surface area (Å²) in [6.07, 6.45) is 6.08. The Balaban J connectivity index is 0.000000461. The zero-order chi connectivity index (χ0) is 8.69. The van der Waals surface area contributed by atoms with Crippen LogP contribution >= 0.6 is 0 Å². The monoisotopic (exact) mass is 156 g/mol. The van der Waals surface area contributed by atoms with Crippen molar-refractivity contribution >= 4 is 0 Å². The van der Waals surface area contributed by atoms with Gasteiger partial charge in [-0.25, -0.2) is 5.21 Å². The number of hydroxylamine groups is 1. The molecule has 11 heavy (non-hydrogen) atoms. The summed E-state index contributed by atoms with van der Waals surface area (Å²) < 4.78 is 0. The van der Waals surface area contributed by atoms with Crippen LogP contribution in [-0.2, 0) is 0 Å². The molecule has 1 rings (SSSR count). The van der Waals surface area contributed by atoms with E-state index in [9.17, 15) is 0 Å². The molecule has 0 heterocycles. The Hall–Kier alpha value is -0.600. The van der Waals surface area contributed by atoms with Crippen molar-refractivity contribution < 1.29 is 10.7 Å². The van der Waals surface area contributed by atoms with E-state index in [2.05, 4.69) is 6.92 Å². The minimum Gasteiger partial charge on any atom is -0.215 e. The fraction of sp³-hybridized carbons (Fsp3) is 0.556. The highest BCUT2D eigenvalue weighted by molar-refractivity contribution is 5.17. The van der Waals surface area contributed by atoms with Crippen molar-refractivity contribution in [1.29, 1.82) is 0 Å². The maximum Gasteiger partial charge on any atom is 0.138 e. The normalized spacial score (nSPS) is 16.0. The zero-order valence-corrected chi connectivity index (χ0v) is 7.59. The van der Waals surface area contributed by atoms with Gasteiger partial charge in [0.1, 0.15) is 5.70 Å². The van der Waals surface area contributed by atoms with Gasteiger partial charge in [0, 0.05) is 6.42 Å². The summed E-state index contributed by atoms with van der Waals surface area (Å²) in [5.74, 6) is 0. The third kappa shape index (κ3) is 3.96.